The van der Waals surface area contributed by atoms with E-state index in [1.165, 1.54) is 6.42 Å². The van der Waals surface area contributed by atoms with E-state index in [2.05, 4.69) is 5.32 Å². The van der Waals surface area contributed by atoms with E-state index < -0.39 is 0 Å². The first-order valence-corrected chi connectivity index (χ1v) is 8.75. The molecule has 1 heterocycles. The van der Waals surface area contributed by atoms with Crippen LogP contribution in [0.2, 0.25) is 0 Å². The van der Waals surface area contributed by atoms with Gasteiger partial charge in [-0.2, -0.15) is 0 Å². The van der Waals surface area contributed by atoms with Gasteiger partial charge in [-0.3, -0.25) is 4.79 Å². The molecule has 2 rings (SSSR count). The molecule has 0 aliphatic carbocycles. The third kappa shape index (κ3) is 4.11. The van der Waals surface area contributed by atoms with Crippen molar-refractivity contribution in [3.05, 3.63) is 23.8 Å². The summed E-state index contributed by atoms with van der Waals surface area (Å²) >= 11 is 6.73. The number of nitrogens with zero attached hydrogens (tertiary/aromatic N) is 1. The number of nitrogens with two attached hydrogens (primary N) is 1. The lowest BCUT2D eigenvalue weighted by molar-refractivity contribution is -0.130. The number of hydrogen-bond acceptors (Lipinski definition) is 4. The smallest absolute Gasteiger partial charge is 0.241 e. The highest BCUT2D eigenvalue weighted by Gasteiger charge is 2.17. The summed E-state index contributed by atoms with van der Waals surface area (Å²) in [6, 6.07) is 5.84. The maximum Gasteiger partial charge on any atom is 0.241 e. The fraction of sp³-hybridized carbons (Fsp3) is 0.467. The van der Waals surface area contributed by atoms with Gasteiger partial charge < -0.3 is 16.0 Å². The summed E-state index contributed by atoms with van der Waals surface area (Å²) in [5.74, 6) is 0.137. The highest BCUT2D eigenvalue weighted by Crippen LogP contribution is 2.27. The van der Waals surface area contributed by atoms with Crippen LogP contribution in [-0.4, -0.2) is 41.7 Å². The normalized spacial score (nSPS) is 14.8. The van der Waals surface area contributed by atoms with Crippen molar-refractivity contribution >= 4 is 40.6 Å². The second-order valence-corrected chi connectivity index (χ2v) is 6.33. The van der Waals surface area contributed by atoms with Gasteiger partial charge in [-0.1, -0.05) is 18.3 Å². The molecule has 1 fully saturated rings. The molecule has 1 aromatic carbocycles. The zero-order valence-corrected chi connectivity index (χ0v) is 13.9. The van der Waals surface area contributed by atoms with Crippen LogP contribution in [-0.2, 0) is 4.79 Å². The number of benzene rings is 1. The van der Waals surface area contributed by atoms with E-state index in [-0.39, 0.29) is 12.5 Å². The molecule has 1 aromatic rings. The van der Waals surface area contributed by atoms with Crippen molar-refractivity contribution in [1.29, 1.82) is 0 Å². The van der Waals surface area contributed by atoms with Gasteiger partial charge >= 0.3 is 0 Å². The molecule has 1 saturated heterocycles. The Hall–Kier alpha value is -1.27. The van der Waals surface area contributed by atoms with Crippen LogP contribution in [0.15, 0.2) is 23.1 Å². The van der Waals surface area contributed by atoms with E-state index in [1.54, 1.807) is 11.8 Å². The Kier molecular flexibility index (Phi) is 5.87. The van der Waals surface area contributed by atoms with Crippen molar-refractivity contribution in [1.82, 2.24) is 4.90 Å². The first-order valence-electron chi connectivity index (χ1n) is 7.12. The summed E-state index contributed by atoms with van der Waals surface area (Å²) < 4.78 is 0. The van der Waals surface area contributed by atoms with Crippen molar-refractivity contribution in [3.63, 3.8) is 0 Å². The van der Waals surface area contributed by atoms with Gasteiger partial charge in [0.2, 0.25) is 5.91 Å². The molecule has 6 heteroatoms. The molecule has 0 aromatic heterocycles. The third-order valence-corrected chi connectivity index (χ3v) is 4.62. The summed E-state index contributed by atoms with van der Waals surface area (Å²) in [6.07, 6.45) is 5.41. The zero-order valence-electron chi connectivity index (χ0n) is 12.2. The van der Waals surface area contributed by atoms with Crippen molar-refractivity contribution < 1.29 is 4.79 Å². The number of rotatable bonds is 5. The number of hydrogen-bond donors (Lipinski definition) is 2. The first-order chi connectivity index (χ1) is 10.1. The standard InChI is InChI=1S/C15H21N3OS2/c1-21-12-7-5-6-11(14(12)15(16)20)17-10-13(19)18-8-3-2-4-9-18/h5-7,17H,2-4,8-10H2,1H3,(H2,16,20). The van der Waals surface area contributed by atoms with E-state index in [9.17, 15) is 4.79 Å². The molecular weight excluding hydrogens is 302 g/mol. The highest BCUT2D eigenvalue weighted by molar-refractivity contribution is 7.98. The molecule has 3 N–H and O–H groups in total. The van der Waals surface area contributed by atoms with Crippen LogP contribution in [0, 0.1) is 0 Å². The van der Waals surface area contributed by atoms with Gasteiger partial charge in [0.05, 0.1) is 6.54 Å². The number of carbonyl (C=O) groups excluding carboxylic acids is 1. The molecular formula is C15H21N3OS2. The van der Waals surface area contributed by atoms with Gasteiger partial charge in [-0.15, -0.1) is 11.8 Å². The van der Waals surface area contributed by atoms with Gasteiger partial charge in [0.1, 0.15) is 4.99 Å². The number of nitrogens with one attached hydrogen (secondary N) is 1. The Balaban J connectivity index is 2.05. The average Bonchev–Trinajstić information content (AvgIpc) is 2.52. The molecule has 0 bridgehead atoms. The predicted molar refractivity (Wildman–Crippen MR) is 93.0 cm³/mol. The Labute approximate surface area is 135 Å². The molecule has 114 valence electrons. The second kappa shape index (κ2) is 7.66. The summed E-state index contributed by atoms with van der Waals surface area (Å²) in [4.78, 5) is 15.5. The quantitative estimate of drug-likeness (QED) is 0.644. The zero-order chi connectivity index (χ0) is 15.2. The van der Waals surface area contributed by atoms with E-state index >= 15 is 0 Å². The molecule has 4 nitrogen and oxygen atoms in total. The minimum absolute atomic E-state index is 0.137. The molecule has 0 atom stereocenters. The Bertz CT molecular complexity index is 528. The molecule has 0 radical (unpaired) electrons. The lowest BCUT2D eigenvalue weighted by atomic mass is 10.1. The molecule has 0 unspecified atom stereocenters. The van der Waals surface area contributed by atoms with Crippen LogP contribution in [0.3, 0.4) is 0 Å². The Morgan fingerprint density at radius 1 is 1.38 bits per heavy atom. The number of thiocarbonyl (C=S) groups is 1. The van der Waals surface area contributed by atoms with E-state index in [0.29, 0.717) is 4.99 Å². The van der Waals surface area contributed by atoms with Gasteiger partial charge in [-0.25, -0.2) is 0 Å². The number of amides is 1. The lowest BCUT2D eigenvalue weighted by Crippen LogP contribution is -2.39. The average molecular weight is 323 g/mol. The highest BCUT2D eigenvalue weighted by atomic mass is 32.2. The van der Waals surface area contributed by atoms with Crippen LogP contribution in [0.4, 0.5) is 5.69 Å². The second-order valence-electron chi connectivity index (χ2n) is 5.04. The van der Waals surface area contributed by atoms with Crippen molar-refractivity contribution in [2.75, 3.05) is 31.2 Å². The van der Waals surface area contributed by atoms with E-state index in [1.807, 2.05) is 29.4 Å². The van der Waals surface area contributed by atoms with Gasteiger partial charge in [0.25, 0.3) is 0 Å². The maximum absolute atomic E-state index is 12.2. The predicted octanol–water partition coefficient (Wildman–Crippen LogP) is 2.47. The Morgan fingerprint density at radius 2 is 2.10 bits per heavy atom. The van der Waals surface area contributed by atoms with E-state index in [4.69, 9.17) is 18.0 Å². The summed E-state index contributed by atoms with van der Waals surface area (Å²) in [7, 11) is 0. The fourth-order valence-electron chi connectivity index (χ4n) is 2.53. The largest absolute Gasteiger partial charge is 0.389 e. The molecule has 1 amide bonds. The van der Waals surface area contributed by atoms with Crippen LogP contribution in [0.1, 0.15) is 24.8 Å². The summed E-state index contributed by atoms with van der Waals surface area (Å²) in [6.45, 7) is 2.02. The third-order valence-electron chi connectivity index (χ3n) is 3.63. The maximum atomic E-state index is 12.2. The van der Waals surface area contributed by atoms with Gasteiger partial charge in [0, 0.05) is 29.2 Å². The van der Waals surface area contributed by atoms with Crippen LogP contribution in [0.25, 0.3) is 0 Å². The topological polar surface area (TPSA) is 58.4 Å². The summed E-state index contributed by atoms with van der Waals surface area (Å²) in [5, 5.41) is 3.19. The van der Waals surface area contributed by atoms with Crippen molar-refractivity contribution in [2.45, 2.75) is 24.2 Å². The molecule has 0 saturated carbocycles. The number of thioether (sulfide) groups is 1. The fourth-order valence-corrected chi connectivity index (χ4v) is 3.45. The van der Waals surface area contributed by atoms with Crippen LogP contribution >= 0.6 is 24.0 Å². The van der Waals surface area contributed by atoms with Crippen molar-refractivity contribution in [2.24, 2.45) is 5.73 Å². The first kappa shape index (κ1) is 16.1. The molecule has 21 heavy (non-hydrogen) atoms. The Morgan fingerprint density at radius 3 is 2.71 bits per heavy atom. The number of anilines is 1. The molecule has 1 aliphatic heterocycles. The lowest BCUT2D eigenvalue weighted by Gasteiger charge is -2.27. The van der Waals surface area contributed by atoms with Crippen molar-refractivity contribution in [3.8, 4) is 0 Å². The van der Waals surface area contributed by atoms with Gasteiger partial charge in [-0.05, 0) is 37.7 Å². The molecule has 1 aliphatic rings. The molecule has 0 spiro atoms. The monoisotopic (exact) mass is 323 g/mol. The number of likely N-dealkylation sites (tertiary alicyclic amines) is 1. The van der Waals surface area contributed by atoms with Crippen LogP contribution < -0.4 is 11.1 Å². The van der Waals surface area contributed by atoms with Gasteiger partial charge in [0.15, 0.2) is 0 Å². The number of carbonyl (C=O) groups is 1. The van der Waals surface area contributed by atoms with E-state index in [0.717, 1.165) is 42.1 Å². The number of piperidine rings is 1. The van der Waals surface area contributed by atoms with Crippen LogP contribution in [0.5, 0.6) is 0 Å². The minimum Gasteiger partial charge on any atom is -0.389 e. The SMILES string of the molecule is CSc1cccc(NCC(=O)N2CCCCC2)c1C(N)=S. The summed E-state index contributed by atoms with van der Waals surface area (Å²) in [5.41, 5.74) is 7.48. The minimum atomic E-state index is 0.137.